The fourth-order valence-electron chi connectivity index (χ4n) is 5.35. The van der Waals surface area contributed by atoms with E-state index in [-0.39, 0.29) is 11.4 Å². The van der Waals surface area contributed by atoms with Gasteiger partial charge in [-0.05, 0) is 71.9 Å². The van der Waals surface area contributed by atoms with Crippen LogP contribution in [0.15, 0.2) is 60.7 Å². The van der Waals surface area contributed by atoms with Gasteiger partial charge in [0.2, 0.25) is 0 Å². The van der Waals surface area contributed by atoms with E-state index in [0.29, 0.717) is 23.1 Å². The topological polar surface area (TPSA) is 0 Å². The molecule has 190 valence electrons. The molecular weight excluding hydrogens is 453 g/mol. The molecule has 0 bridgehead atoms. The van der Waals surface area contributed by atoms with Crippen LogP contribution in [0.25, 0.3) is 27.8 Å². The van der Waals surface area contributed by atoms with Crippen LogP contribution in [-0.2, 0) is 6.42 Å². The molecule has 1 atom stereocenters. The molecule has 0 heterocycles. The van der Waals surface area contributed by atoms with E-state index in [4.69, 9.17) is 0 Å². The zero-order chi connectivity index (χ0) is 25.5. The van der Waals surface area contributed by atoms with Gasteiger partial charge in [0.15, 0.2) is 11.6 Å². The Hall–Kier alpha value is -2.81. The molecule has 0 fully saturated rings. The number of benzene rings is 3. The van der Waals surface area contributed by atoms with Crippen molar-refractivity contribution in [1.82, 2.24) is 0 Å². The van der Waals surface area contributed by atoms with E-state index in [2.05, 4.69) is 19.9 Å². The first kappa shape index (κ1) is 26.3. The number of halogens is 3. The van der Waals surface area contributed by atoms with Crippen molar-refractivity contribution in [2.24, 2.45) is 5.92 Å². The van der Waals surface area contributed by atoms with E-state index >= 15 is 4.39 Å². The van der Waals surface area contributed by atoms with E-state index < -0.39 is 11.6 Å². The second-order valence-electron chi connectivity index (χ2n) is 10.1. The summed E-state index contributed by atoms with van der Waals surface area (Å²) < 4.78 is 44.6. The Labute approximate surface area is 214 Å². The zero-order valence-electron chi connectivity index (χ0n) is 21.6. The quantitative estimate of drug-likeness (QED) is 0.248. The second kappa shape index (κ2) is 12.4. The second-order valence-corrected chi connectivity index (χ2v) is 10.1. The molecular formula is C33H37F3. The van der Waals surface area contributed by atoms with Gasteiger partial charge in [-0.2, -0.15) is 0 Å². The molecule has 0 aliphatic heterocycles. The van der Waals surface area contributed by atoms with Crippen molar-refractivity contribution >= 4 is 5.57 Å². The minimum atomic E-state index is -0.812. The third kappa shape index (κ3) is 6.11. The summed E-state index contributed by atoms with van der Waals surface area (Å²) in [6, 6.07) is 15.8. The first-order valence-corrected chi connectivity index (χ1v) is 13.6. The van der Waals surface area contributed by atoms with Gasteiger partial charge in [0.1, 0.15) is 5.82 Å². The highest BCUT2D eigenvalue weighted by Gasteiger charge is 2.17. The average molecular weight is 491 g/mol. The van der Waals surface area contributed by atoms with Gasteiger partial charge in [-0.1, -0.05) is 101 Å². The zero-order valence-corrected chi connectivity index (χ0v) is 21.6. The summed E-state index contributed by atoms with van der Waals surface area (Å²) in [6.45, 7) is 4.35. The molecule has 0 nitrogen and oxygen atoms in total. The molecule has 0 N–H and O–H groups in total. The highest BCUT2D eigenvalue weighted by Crippen LogP contribution is 2.35. The summed E-state index contributed by atoms with van der Waals surface area (Å²) >= 11 is 0. The Morgan fingerprint density at radius 2 is 1.42 bits per heavy atom. The van der Waals surface area contributed by atoms with Gasteiger partial charge in [0.25, 0.3) is 0 Å². The summed E-state index contributed by atoms with van der Waals surface area (Å²) in [4.78, 5) is 0. The Morgan fingerprint density at radius 1 is 0.722 bits per heavy atom. The van der Waals surface area contributed by atoms with Crippen LogP contribution in [0.1, 0.15) is 82.8 Å². The molecule has 0 spiro atoms. The smallest absolute Gasteiger partial charge is 0.166 e. The van der Waals surface area contributed by atoms with Gasteiger partial charge in [-0.15, -0.1) is 0 Å². The van der Waals surface area contributed by atoms with Crippen LogP contribution < -0.4 is 0 Å². The predicted molar refractivity (Wildman–Crippen MR) is 145 cm³/mol. The van der Waals surface area contributed by atoms with Crippen LogP contribution >= 0.6 is 0 Å². The van der Waals surface area contributed by atoms with Crippen LogP contribution in [0.5, 0.6) is 0 Å². The van der Waals surface area contributed by atoms with Crippen molar-refractivity contribution in [3.05, 3.63) is 89.3 Å². The number of hydrogen-bond acceptors (Lipinski definition) is 0. The summed E-state index contributed by atoms with van der Waals surface area (Å²) in [6.07, 6.45) is 12.6. The lowest BCUT2D eigenvalue weighted by molar-refractivity contribution is 0.445. The molecule has 0 saturated carbocycles. The van der Waals surface area contributed by atoms with Gasteiger partial charge >= 0.3 is 0 Å². The molecule has 0 aromatic heterocycles. The molecule has 3 aromatic carbocycles. The minimum absolute atomic E-state index is 0.234. The summed E-state index contributed by atoms with van der Waals surface area (Å²) in [7, 11) is 0. The molecule has 0 radical (unpaired) electrons. The Bertz CT molecular complexity index is 1190. The average Bonchev–Trinajstić information content (AvgIpc) is 2.90. The molecule has 1 unspecified atom stereocenters. The van der Waals surface area contributed by atoms with Crippen LogP contribution in [0.4, 0.5) is 13.2 Å². The largest absolute Gasteiger partial charge is 0.206 e. The Balaban J connectivity index is 1.48. The Morgan fingerprint density at radius 3 is 2.06 bits per heavy atom. The maximum atomic E-state index is 15.1. The number of hydrogen-bond donors (Lipinski definition) is 0. The lowest BCUT2D eigenvalue weighted by atomic mass is 9.84. The van der Waals surface area contributed by atoms with E-state index in [9.17, 15) is 8.78 Å². The summed E-state index contributed by atoms with van der Waals surface area (Å²) in [5.41, 5.74) is 4.66. The number of allylic oxidation sites excluding steroid dienone is 2. The van der Waals surface area contributed by atoms with Crippen molar-refractivity contribution in [3.8, 4) is 22.3 Å². The molecule has 1 aliphatic carbocycles. The monoisotopic (exact) mass is 490 g/mol. The highest BCUT2D eigenvalue weighted by atomic mass is 19.2. The van der Waals surface area contributed by atoms with E-state index in [1.807, 2.05) is 12.1 Å². The van der Waals surface area contributed by atoms with Crippen LogP contribution in [-0.4, -0.2) is 0 Å². The Kier molecular flexibility index (Phi) is 9.07. The third-order valence-corrected chi connectivity index (χ3v) is 7.53. The normalized spacial score (nSPS) is 15.7. The molecule has 4 rings (SSSR count). The fraction of sp³-hybridized carbons (Fsp3) is 0.394. The maximum absolute atomic E-state index is 15.1. The van der Waals surface area contributed by atoms with E-state index in [1.54, 1.807) is 42.5 Å². The van der Waals surface area contributed by atoms with Gasteiger partial charge in [-0.25, -0.2) is 13.2 Å². The van der Waals surface area contributed by atoms with Crippen molar-refractivity contribution in [2.45, 2.75) is 78.1 Å². The van der Waals surface area contributed by atoms with Crippen molar-refractivity contribution in [3.63, 3.8) is 0 Å². The summed E-state index contributed by atoms with van der Waals surface area (Å²) in [5, 5.41) is 0. The van der Waals surface area contributed by atoms with Gasteiger partial charge in [0, 0.05) is 11.1 Å². The van der Waals surface area contributed by atoms with Gasteiger partial charge in [0.05, 0.1) is 0 Å². The lowest BCUT2D eigenvalue weighted by Crippen LogP contribution is -2.05. The van der Waals surface area contributed by atoms with E-state index in [1.165, 1.54) is 24.8 Å². The van der Waals surface area contributed by atoms with Gasteiger partial charge in [-0.3, -0.25) is 0 Å². The van der Waals surface area contributed by atoms with E-state index in [0.717, 1.165) is 55.6 Å². The molecule has 0 amide bonds. The van der Waals surface area contributed by atoms with Crippen LogP contribution in [0, 0.1) is 23.4 Å². The van der Waals surface area contributed by atoms with Crippen molar-refractivity contribution in [2.75, 3.05) is 0 Å². The lowest BCUT2D eigenvalue weighted by Gasteiger charge is -2.22. The van der Waals surface area contributed by atoms with Crippen molar-refractivity contribution in [1.29, 1.82) is 0 Å². The molecule has 1 aliphatic rings. The number of aryl methyl sites for hydroxylation is 1. The SMILES string of the molecule is CCCCCCc1ccc(-c2ccc(-c3ccc(C4=CCC(CCC)CC4)cc3F)cc2)c(F)c1F. The molecule has 0 saturated heterocycles. The molecule has 3 heteroatoms. The predicted octanol–water partition coefficient (Wildman–Crippen LogP) is 10.5. The maximum Gasteiger partial charge on any atom is 0.166 e. The standard InChI is InChI=1S/C33H37F3/c1-3-5-6-7-9-27-18-21-30(33(36)32(27)35)26-16-14-25(15-17-26)29-20-19-28(22-31(29)34)24-12-10-23(8-4-2)11-13-24/h12,14-23H,3-11,13H2,1-2H3. The number of rotatable bonds is 10. The molecule has 36 heavy (non-hydrogen) atoms. The van der Waals surface area contributed by atoms with Crippen LogP contribution in [0.2, 0.25) is 0 Å². The molecule has 3 aromatic rings. The van der Waals surface area contributed by atoms with Gasteiger partial charge < -0.3 is 0 Å². The minimum Gasteiger partial charge on any atom is -0.206 e. The highest BCUT2D eigenvalue weighted by molar-refractivity contribution is 5.74. The van der Waals surface area contributed by atoms with Crippen molar-refractivity contribution < 1.29 is 13.2 Å². The number of unbranched alkanes of at least 4 members (excludes halogenated alkanes) is 3. The first-order chi connectivity index (χ1) is 17.5. The summed E-state index contributed by atoms with van der Waals surface area (Å²) in [5.74, 6) is -1.08. The third-order valence-electron chi connectivity index (χ3n) is 7.53. The first-order valence-electron chi connectivity index (χ1n) is 13.6. The fourth-order valence-corrected chi connectivity index (χ4v) is 5.35. The van der Waals surface area contributed by atoms with Crippen LogP contribution in [0.3, 0.4) is 0 Å².